The summed E-state index contributed by atoms with van der Waals surface area (Å²) in [5, 5.41) is 4.01. The number of rotatable bonds is 5. The van der Waals surface area contributed by atoms with Gasteiger partial charge in [0.15, 0.2) is 5.65 Å². The second kappa shape index (κ2) is 8.08. The Kier molecular flexibility index (Phi) is 5.34. The Labute approximate surface area is 165 Å². The fourth-order valence-electron chi connectivity index (χ4n) is 3.35. The summed E-state index contributed by atoms with van der Waals surface area (Å²) in [6, 6.07) is 6.48. The third kappa shape index (κ3) is 3.88. The molecular weight excluding hydrogens is 382 g/mol. The summed E-state index contributed by atoms with van der Waals surface area (Å²) in [4.78, 5) is 24.5. The Hall–Kier alpha value is -3.14. The number of nitrogens with zero attached hydrogens (tertiary/aromatic N) is 6. The van der Waals surface area contributed by atoms with Gasteiger partial charge in [-0.2, -0.15) is 5.10 Å². The number of fused-ring (bicyclic) bond motifs is 1. The van der Waals surface area contributed by atoms with E-state index < -0.39 is 6.43 Å². The van der Waals surface area contributed by atoms with E-state index in [9.17, 15) is 13.6 Å². The van der Waals surface area contributed by atoms with Crippen molar-refractivity contribution >= 4 is 17.4 Å². The Morgan fingerprint density at radius 2 is 1.97 bits per heavy atom. The summed E-state index contributed by atoms with van der Waals surface area (Å²) in [5.41, 5.74) is 1.58. The standard InChI is InChI=1S/C19H20F2N6O2/c1-29-12-18(28)26-8-6-25(7-9-26)17-10-13(4-5-22-17)15-11-23-16-3-2-14(19(20)21)24-27(15)16/h2-5,10-11,19H,6-9,12H2,1H3. The predicted octanol–water partition coefficient (Wildman–Crippen LogP) is 2.02. The number of amides is 1. The minimum atomic E-state index is -2.65. The molecule has 1 aliphatic rings. The van der Waals surface area contributed by atoms with E-state index in [1.54, 1.807) is 23.4 Å². The number of alkyl halides is 2. The highest BCUT2D eigenvalue weighted by atomic mass is 19.3. The van der Waals surface area contributed by atoms with Crippen LogP contribution in [-0.4, -0.2) is 70.3 Å². The number of aromatic nitrogens is 4. The van der Waals surface area contributed by atoms with Crippen molar-refractivity contribution in [1.82, 2.24) is 24.5 Å². The highest BCUT2D eigenvalue weighted by Gasteiger charge is 2.22. The van der Waals surface area contributed by atoms with E-state index in [2.05, 4.69) is 20.0 Å². The van der Waals surface area contributed by atoms with Gasteiger partial charge in [0.05, 0.1) is 11.9 Å². The van der Waals surface area contributed by atoms with Crippen LogP contribution in [0.25, 0.3) is 16.9 Å². The Morgan fingerprint density at radius 3 is 2.69 bits per heavy atom. The number of hydrogen-bond donors (Lipinski definition) is 0. The summed E-state index contributed by atoms with van der Waals surface area (Å²) in [7, 11) is 1.50. The minimum absolute atomic E-state index is 0.0273. The zero-order valence-corrected chi connectivity index (χ0v) is 15.8. The van der Waals surface area contributed by atoms with E-state index in [1.165, 1.54) is 23.8 Å². The van der Waals surface area contributed by atoms with Gasteiger partial charge in [-0.25, -0.2) is 23.3 Å². The normalized spacial score (nSPS) is 14.8. The zero-order valence-electron chi connectivity index (χ0n) is 15.8. The van der Waals surface area contributed by atoms with Gasteiger partial charge >= 0.3 is 0 Å². The van der Waals surface area contributed by atoms with Crippen LogP contribution in [0, 0.1) is 0 Å². The molecule has 1 saturated heterocycles. The Balaban J connectivity index is 1.56. The van der Waals surface area contributed by atoms with E-state index in [-0.39, 0.29) is 18.2 Å². The Morgan fingerprint density at radius 1 is 1.17 bits per heavy atom. The summed E-state index contributed by atoms with van der Waals surface area (Å²) in [6.07, 6.45) is 0.626. The first-order chi connectivity index (χ1) is 14.1. The van der Waals surface area contributed by atoms with Crippen LogP contribution in [-0.2, 0) is 9.53 Å². The molecule has 0 unspecified atom stereocenters. The van der Waals surface area contributed by atoms with Crippen LogP contribution in [0.4, 0.5) is 14.6 Å². The molecule has 1 aliphatic heterocycles. The topological polar surface area (TPSA) is 75.9 Å². The predicted molar refractivity (Wildman–Crippen MR) is 102 cm³/mol. The molecule has 0 aliphatic carbocycles. The molecule has 3 aromatic rings. The molecule has 0 saturated carbocycles. The van der Waals surface area contributed by atoms with Crippen molar-refractivity contribution in [2.75, 3.05) is 44.8 Å². The van der Waals surface area contributed by atoms with Gasteiger partial charge in [0, 0.05) is 45.0 Å². The molecular formula is C19H20F2N6O2. The van der Waals surface area contributed by atoms with E-state index in [1.807, 2.05) is 6.07 Å². The third-order valence-corrected chi connectivity index (χ3v) is 4.87. The number of piperazine rings is 1. The maximum atomic E-state index is 13.0. The van der Waals surface area contributed by atoms with Crippen molar-refractivity contribution in [3.05, 3.63) is 42.4 Å². The van der Waals surface area contributed by atoms with Gasteiger partial charge in [-0.1, -0.05) is 0 Å². The Bertz CT molecular complexity index is 1020. The van der Waals surface area contributed by atoms with Gasteiger partial charge in [0.25, 0.3) is 6.43 Å². The molecule has 0 aromatic carbocycles. The van der Waals surface area contributed by atoms with Crippen LogP contribution < -0.4 is 4.90 Å². The molecule has 0 spiro atoms. The van der Waals surface area contributed by atoms with Crippen LogP contribution in [0.2, 0.25) is 0 Å². The lowest BCUT2D eigenvalue weighted by Crippen LogP contribution is -2.49. The van der Waals surface area contributed by atoms with Crippen LogP contribution in [0.5, 0.6) is 0 Å². The average molecular weight is 402 g/mol. The molecule has 1 amide bonds. The van der Waals surface area contributed by atoms with Crippen molar-refractivity contribution in [2.24, 2.45) is 0 Å². The molecule has 0 atom stereocenters. The highest BCUT2D eigenvalue weighted by molar-refractivity contribution is 5.77. The molecule has 4 rings (SSSR count). The lowest BCUT2D eigenvalue weighted by atomic mass is 10.2. The van der Waals surface area contributed by atoms with Gasteiger partial charge in [-0.15, -0.1) is 0 Å². The van der Waals surface area contributed by atoms with Crippen molar-refractivity contribution in [1.29, 1.82) is 0 Å². The molecule has 10 heteroatoms. The fourth-order valence-corrected chi connectivity index (χ4v) is 3.35. The number of ether oxygens (including phenoxy) is 1. The van der Waals surface area contributed by atoms with Crippen molar-refractivity contribution in [2.45, 2.75) is 6.43 Å². The smallest absolute Gasteiger partial charge is 0.282 e. The van der Waals surface area contributed by atoms with Gasteiger partial charge in [0.1, 0.15) is 18.1 Å². The van der Waals surface area contributed by atoms with Crippen molar-refractivity contribution in [3.8, 4) is 11.3 Å². The SMILES string of the molecule is COCC(=O)N1CCN(c2cc(-c3cnc4ccc(C(F)F)nn34)ccn2)CC1. The maximum Gasteiger partial charge on any atom is 0.282 e. The molecule has 4 heterocycles. The first kappa shape index (κ1) is 19.2. The molecule has 3 aromatic heterocycles. The average Bonchev–Trinajstić information content (AvgIpc) is 3.17. The molecule has 0 N–H and O–H groups in total. The number of methoxy groups -OCH3 is 1. The fraction of sp³-hybridized carbons (Fsp3) is 0.368. The molecule has 1 fully saturated rings. The number of pyridine rings is 1. The van der Waals surface area contributed by atoms with Crippen LogP contribution >= 0.6 is 0 Å². The highest BCUT2D eigenvalue weighted by Crippen LogP contribution is 2.25. The third-order valence-electron chi connectivity index (χ3n) is 4.87. The van der Waals surface area contributed by atoms with E-state index in [0.717, 1.165) is 11.4 Å². The van der Waals surface area contributed by atoms with Gasteiger partial charge in [-0.05, 0) is 24.3 Å². The van der Waals surface area contributed by atoms with Crippen LogP contribution in [0.15, 0.2) is 36.7 Å². The largest absolute Gasteiger partial charge is 0.375 e. The molecule has 0 bridgehead atoms. The molecule has 29 heavy (non-hydrogen) atoms. The zero-order chi connectivity index (χ0) is 20.4. The number of imidazole rings is 1. The number of carbonyl (C=O) groups is 1. The lowest BCUT2D eigenvalue weighted by molar-refractivity contribution is -0.135. The second-order valence-electron chi connectivity index (χ2n) is 6.68. The van der Waals surface area contributed by atoms with Crippen LogP contribution in [0.3, 0.4) is 0 Å². The molecule has 8 nitrogen and oxygen atoms in total. The quantitative estimate of drug-likeness (QED) is 0.650. The number of halogens is 2. The minimum Gasteiger partial charge on any atom is -0.375 e. The van der Waals surface area contributed by atoms with Crippen LogP contribution in [0.1, 0.15) is 12.1 Å². The van der Waals surface area contributed by atoms with Gasteiger partial charge in [0.2, 0.25) is 5.91 Å². The van der Waals surface area contributed by atoms with Crippen molar-refractivity contribution < 1.29 is 18.3 Å². The van der Waals surface area contributed by atoms with Crippen molar-refractivity contribution in [3.63, 3.8) is 0 Å². The monoisotopic (exact) mass is 402 g/mol. The summed E-state index contributed by atoms with van der Waals surface area (Å²) in [6.45, 7) is 2.54. The number of anilines is 1. The summed E-state index contributed by atoms with van der Waals surface area (Å²) in [5.74, 6) is 0.724. The first-order valence-electron chi connectivity index (χ1n) is 9.17. The van der Waals surface area contributed by atoms with Gasteiger partial charge in [-0.3, -0.25) is 4.79 Å². The second-order valence-corrected chi connectivity index (χ2v) is 6.68. The van der Waals surface area contributed by atoms with E-state index >= 15 is 0 Å². The number of carbonyl (C=O) groups excluding carboxylic acids is 1. The van der Waals surface area contributed by atoms with E-state index in [4.69, 9.17) is 4.74 Å². The maximum absolute atomic E-state index is 13.0. The summed E-state index contributed by atoms with van der Waals surface area (Å²) >= 11 is 0. The first-order valence-corrected chi connectivity index (χ1v) is 9.17. The summed E-state index contributed by atoms with van der Waals surface area (Å²) < 4.78 is 32.4. The lowest BCUT2D eigenvalue weighted by Gasteiger charge is -2.35. The molecule has 152 valence electrons. The number of hydrogen-bond acceptors (Lipinski definition) is 6. The van der Waals surface area contributed by atoms with Gasteiger partial charge < -0.3 is 14.5 Å². The molecule has 0 radical (unpaired) electrons. The van der Waals surface area contributed by atoms with E-state index in [0.29, 0.717) is 37.5 Å².